The molecule has 0 amide bonds. The summed E-state index contributed by atoms with van der Waals surface area (Å²) in [5, 5.41) is 0. The van der Waals surface area contributed by atoms with Crippen molar-refractivity contribution in [3.63, 3.8) is 0 Å². The fourth-order valence-electron chi connectivity index (χ4n) is 4.19. The fourth-order valence-corrected chi connectivity index (χ4v) is 4.19. The summed E-state index contributed by atoms with van der Waals surface area (Å²) in [4.78, 5) is 5.24. The van der Waals surface area contributed by atoms with Crippen LogP contribution in [0.2, 0.25) is 0 Å². The largest absolute Gasteiger partial charge is 0.489 e. The van der Waals surface area contributed by atoms with Crippen LogP contribution in [0.1, 0.15) is 59.4 Å². The van der Waals surface area contributed by atoms with Crippen molar-refractivity contribution in [2.75, 3.05) is 31.1 Å². The zero-order chi connectivity index (χ0) is 23.0. The number of rotatable bonds is 9. The van der Waals surface area contributed by atoms with Crippen LogP contribution in [0.3, 0.4) is 0 Å². The predicted molar refractivity (Wildman–Crippen MR) is 138 cm³/mol. The maximum atomic E-state index is 6.13. The van der Waals surface area contributed by atoms with Gasteiger partial charge >= 0.3 is 0 Å². The monoisotopic (exact) mass is 434 g/mol. The summed E-state index contributed by atoms with van der Waals surface area (Å²) in [6, 6.07) is 19.6. The van der Waals surface area contributed by atoms with E-state index in [1.807, 2.05) is 6.07 Å². The Kier molecular flexibility index (Phi) is 8.81. The fraction of sp³-hybridized carbons (Fsp3) is 0.517. The number of anilines is 1. The van der Waals surface area contributed by atoms with E-state index in [9.17, 15) is 0 Å². The summed E-state index contributed by atoms with van der Waals surface area (Å²) in [5.41, 5.74) is 4.24. The number of nitrogens with zero attached hydrogens (tertiary/aromatic N) is 2. The van der Waals surface area contributed by atoms with Gasteiger partial charge in [-0.3, -0.25) is 0 Å². The summed E-state index contributed by atoms with van der Waals surface area (Å²) in [6.07, 6.45) is 6.05. The second-order valence-corrected chi connectivity index (χ2v) is 10.6. The Hall–Kier alpha value is -2.26. The Morgan fingerprint density at radius 2 is 1.75 bits per heavy atom. The second kappa shape index (κ2) is 11.6. The molecule has 3 rings (SSSR count). The zero-order valence-corrected chi connectivity index (χ0v) is 20.8. The van der Waals surface area contributed by atoms with Crippen molar-refractivity contribution < 1.29 is 4.74 Å². The Bertz CT molecular complexity index is 841. The number of ether oxygens (including phenoxy) is 1. The van der Waals surface area contributed by atoms with Crippen molar-refractivity contribution in [2.24, 2.45) is 5.41 Å². The van der Waals surface area contributed by atoms with Crippen molar-refractivity contribution in [1.82, 2.24) is 4.90 Å². The first kappa shape index (κ1) is 24.4. The first-order chi connectivity index (χ1) is 15.3. The number of likely N-dealkylation sites (tertiary alicyclic amines) is 1. The minimum atomic E-state index is 0.409. The molecule has 1 heterocycles. The molecular weight excluding hydrogens is 392 g/mol. The minimum Gasteiger partial charge on any atom is -0.489 e. The van der Waals surface area contributed by atoms with E-state index < -0.39 is 0 Å². The predicted octanol–water partition coefficient (Wildman–Crippen LogP) is 6.94. The van der Waals surface area contributed by atoms with Crippen LogP contribution in [-0.4, -0.2) is 37.1 Å². The Balaban J connectivity index is 1.66. The highest BCUT2D eigenvalue weighted by Gasteiger charge is 2.25. The quantitative estimate of drug-likeness (QED) is 0.398. The smallest absolute Gasteiger partial charge is 0.121 e. The molecule has 1 aliphatic rings. The van der Waals surface area contributed by atoms with E-state index in [0.717, 1.165) is 12.3 Å². The van der Waals surface area contributed by atoms with E-state index in [0.29, 0.717) is 18.1 Å². The third-order valence-corrected chi connectivity index (χ3v) is 6.27. The number of allylic oxidation sites excluding steroid dienone is 1. The molecule has 3 heteroatoms. The van der Waals surface area contributed by atoms with Gasteiger partial charge in [-0.25, -0.2) is 0 Å². The molecule has 0 radical (unpaired) electrons. The molecule has 2 aromatic carbocycles. The first-order valence-corrected chi connectivity index (χ1v) is 12.2. The van der Waals surface area contributed by atoms with Crippen LogP contribution in [0.25, 0.3) is 0 Å². The van der Waals surface area contributed by atoms with Gasteiger partial charge in [-0.05, 0) is 62.8 Å². The van der Waals surface area contributed by atoms with Crippen molar-refractivity contribution in [2.45, 2.75) is 66.5 Å². The molecule has 0 aromatic heterocycles. The van der Waals surface area contributed by atoms with Crippen LogP contribution in [0.5, 0.6) is 5.75 Å². The lowest BCUT2D eigenvalue weighted by molar-refractivity contribution is 0.183. The normalized spacial score (nSPS) is 15.4. The van der Waals surface area contributed by atoms with Gasteiger partial charge in [-0.1, -0.05) is 68.8 Å². The molecule has 0 bridgehead atoms. The van der Waals surface area contributed by atoms with Crippen molar-refractivity contribution in [1.29, 1.82) is 0 Å². The van der Waals surface area contributed by atoms with Gasteiger partial charge in [0.15, 0.2) is 0 Å². The number of benzene rings is 2. The molecule has 174 valence electrons. The minimum absolute atomic E-state index is 0.409. The third-order valence-electron chi connectivity index (χ3n) is 6.27. The Morgan fingerprint density at radius 1 is 1.03 bits per heavy atom. The molecule has 3 nitrogen and oxygen atoms in total. The van der Waals surface area contributed by atoms with E-state index in [1.165, 1.54) is 55.7 Å². The molecule has 0 saturated carbocycles. The summed E-state index contributed by atoms with van der Waals surface area (Å²) >= 11 is 0. The van der Waals surface area contributed by atoms with Crippen molar-refractivity contribution in [3.8, 4) is 5.75 Å². The molecule has 1 saturated heterocycles. The van der Waals surface area contributed by atoms with Crippen LogP contribution < -0.4 is 9.64 Å². The van der Waals surface area contributed by atoms with Crippen molar-refractivity contribution >= 4 is 5.69 Å². The Labute approximate surface area is 196 Å². The topological polar surface area (TPSA) is 15.7 Å². The van der Waals surface area contributed by atoms with Gasteiger partial charge in [0.2, 0.25) is 0 Å². The number of hydrogen-bond donors (Lipinski definition) is 0. The van der Waals surface area contributed by atoms with Gasteiger partial charge in [0.05, 0.1) is 0 Å². The molecule has 0 atom stereocenters. The van der Waals surface area contributed by atoms with Crippen molar-refractivity contribution in [3.05, 3.63) is 71.8 Å². The van der Waals surface area contributed by atoms with Crippen LogP contribution >= 0.6 is 0 Å². The highest BCUT2D eigenvalue weighted by Crippen LogP contribution is 2.28. The molecule has 2 aromatic rings. The summed E-state index contributed by atoms with van der Waals surface area (Å²) in [6.45, 7) is 16.6. The highest BCUT2D eigenvalue weighted by atomic mass is 16.5. The van der Waals surface area contributed by atoms with Gasteiger partial charge in [-0.15, -0.1) is 0 Å². The summed E-state index contributed by atoms with van der Waals surface area (Å²) in [7, 11) is 0. The van der Waals surface area contributed by atoms with E-state index in [1.54, 1.807) is 0 Å². The van der Waals surface area contributed by atoms with E-state index in [-0.39, 0.29) is 0 Å². The summed E-state index contributed by atoms with van der Waals surface area (Å²) < 4.78 is 6.13. The average Bonchev–Trinajstić information content (AvgIpc) is 2.77. The maximum Gasteiger partial charge on any atom is 0.121 e. The third kappa shape index (κ3) is 8.02. The van der Waals surface area contributed by atoms with Gasteiger partial charge in [0.25, 0.3) is 0 Å². The van der Waals surface area contributed by atoms with Gasteiger partial charge in [0, 0.05) is 37.4 Å². The molecular formula is C29H42N2O. The zero-order valence-electron chi connectivity index (χ0n) is 20.8. The second-order valence-electron chi connectivity index (χ2n) is 10.6. The maximum absolute atomic E-state index is 6.13. The van der Waals surface area contributed by atoms with Crippen LogP contribution in [-0.2, 0) is 6.61 Å². The standard InChI is InChI=1S/C29H42N2O/c1-24(2)14-20-31(26-15-18-30(19-16-26)21-17-29(3,4)5)27-12-9-13-28(22-27)32-23-25-10-7-6-8-11-25/h6-14,22,26H,15-21,23H2,1-5H3. The van der Waals surface area contributed by atoms with Gasteiger partial charge in [-0.2, -0.15) is 0 Å². The lowest BCUT2D eigenvalue weighted by atomic mass is 9.91. The molecule has 1 aliphatic heterocycles. The van der Waals surface area contributed by atoms with Crippen LogP contribution in [0, 0.1) is 5.41 Å². The van der Waals surface area contributed by atoms with Crippen LogP contribution in [0.15, 0.2) is 66.2 Å². The summed E-state index contributed by atoms with van der Waals surface area (Å²) in [5.74, 6) is 0.941. The first-order valence-electron chi connectivity index (χ1n) is 12.2. The molecule has 0 N–H and O–H groups in total. The van der Waals surface area contributed by atoms with Gasteiger partial charge < -0.3 is 14.5 Å². The molecule has 0 aliphatic carbocycles. The van der Waals surface area contributed by atoms with Gasteiger partial charge in [0.1, 0.15) is 12.4 Å². The van der Waals surface area contributed by atoms with E-state index >= 15 is 0 Å². The van der Waals surface area contributed by atoms with E-state index in [4.69, 9.17) is 4.74 Å². The molecule has 0 spiro atoms. The highest BCUT2D eigenvalue weighted by molar-refractivity contribution is 5.52. The Morgan fingerprint density at radius 3 is 2.41 bits per heavy atom. The van der Waals surface area contributed by atoms with Crippen LogP contribution in [0.4, 0.5) is 5.69 Å². The lowest BCUT2D eigenvalue weighted by Crippen LogP contribution is -2.45. The SMILES string of the molecule is CC(C)=CCN(c1cccc(OCc2ccccc2)c1)C1CCN(CCC(C)(C)C)CC1. The lowest BCUT2D eigenvalue weighted by Gasteiger charge is -2.40. The number of piperidine rings is 1. The van der Waals surface area contributed by atoms with E-state index in [2.05, 4.69) is 99.0 Å². The molecule has 1 fully saturated rings. The average molecular weight is 435 g/mol. The number of hydrogen-bond acceptors (Lipinski definition) is 3. The molecule has 32 heavy (non-hydrogen) atoms. The molecule has 0 unspecified atom stereocenters.